The van der Waals surface area contributed by atoms with E-state index in [0.29, 0.717) is 17.9 Å². The van der Waals surface area contributed by atoms with Gasteiger partial charge in [0, 0.05) is 23.4 Å². The second kappa shape index (κ2) is 6.23. The van der Waals surface area contributed by atoms with Crippen LogP contribution in [0.15, 0.2) is 24.3 Å². The predicted molar refractivity (Wildman–Crippen MR) is 86.6 cm³/mol. The van der Waals surface area contributed by atoms with Crippen molar-refractivity contribution in [1.29, 1.82) is 0 Å². The number of benzene rings is 1. The monoisotopic (exact) mass is 323 g/mol. The summed E-state index contributed by atoms with van der Waals surface area (Å²) in [6, 6.07) is 7.61. The van der Waals surface area contributed by atoms with Crippen LogP contribution < -0.4 is 5.32 Å². The topological polar surface area (TPSA) is 112 Å². The average molecular weight is 323 g/mol. The molecule has 1 aliphatic carbocycles. The summed E-state index contributed by atoms with van der Waals surface area (Å²) in [4.78, 5) is 12.5. The van der Waals surface area contributed by atoms with E-state index in [2.05, 4.69) is 36.1 Å². The number of fused-ring (bicyclic) bond motifs is 1. The molecule has 0 saturated carbocycles. The minimum Gasteiger partial charge on any atom is -0.321 e. The van der Waals surface area contributed by atoms with Gasteiger partial charge in [-0.3, -0.25) is 9.89 Å². The van der Waals surface area contributed by atoms with Crippen LogP contribution in [0.3, 0.4) is 0 Å². The molecule has 1 amide bonds. The van der Waals surface area contributed by atoms with Gasteiger partial charge < -0.3 is 5.32 Å². The van der Waals surface area contributed by atoms with Crippen LogP contribution in [0.25, 0.3) is 0 Å². The first-order valence-electron chi connectivity index (χ1n) is 7.98. The largest absolute Gasteiger partial charge is 0.321 e. The molecule has 0 fully saturated rings. The van der Waals surface area contributed by atoms with Gasteiger partial charge in [-0.1, -0.05) is 17.3 Å². The van der Waals surface area contributed by atoms with E-state index < -0.39 is 0 Å². The number of carbonyl (C=O) groups is 1. The van der Waals surface area contributed by atoms with E-state index in [1.54, 1.807) is 0 Å². The summed E-state index contributed by atoms with van der Waals surface area (Å²) in [7, 11) is 0. The molecule has 2 heterocycles. The number of anilines is 1. The van der Waals surface area contributed by atoms with Gasteiger partial charge in [-0.25, -0.2) is 0 Å². The highest BCUT2D eigenvalue weighted by Crippen LogP contribution is 2.23. The lowest BCUT2D eigenvalue weighted by molar-refractivity contribution is 0.102. The maximum Gasteiger partial charge on any atom is 0.276 e. The summed E-state index contributed by atoms with van der Waals surface area (Å²) >= 11 is 0. The Bertz CT molecular complexity index is 836. The summed E-state index contributed by atoms with van der Waals surface area (Å²) in [5, 5.41) is 23.9. The molecule has 1 aromatic carbocycles. The molecule has 1 aliphatic rings. The van der Waals surface area contributed by atoms with E-state index in [4.69, 9.17) is 0 Å². The van der Waals surface area contributed by atoms with E-state index >= 15 is 0 Å². The number of nitrogens with zero attached hydrogens (tertiary/aromatic N) is 4. The minimum absolute atomic E-state index is 0.166. The van der Waals surface area contributed by atoms with Gasteiger partial charge in [0.25, 0.3) is 5.91 Å². The van der Waals surface area contributed by atoms with Crippen LogP contribution in [0.4, 0.5) is 5.69 Å². The van der Waals surface area contributed by atoms with Crippen molar-refractivity contribution in [3.05, 3.63) is 52.6 Å². The molecular formula is C16H17N7O. The molecule has 0 aliphatic heterocycles. The van der Waals surface area contributed by atoms with Gasteiger partial charge in [0.1, 0.15) is 0 Å². The number of aryl methyl sites for hydroxylation is 1. The predicted octanol–water partition coefficient (Wildman–Crippen LogP) is 1.64. The van der Waals surface area contributed by atoms with Crippen LogP contribution in [-0.4, -0.2) is 36.7 Å². The quantitative estimate of drug-likeness (QED) is 0.676. The normalized spacial score (nSPS) is 13.5. The van der Waals surface area contributed by atoms with Gasteiger partial charge in [0.15, 0.2) is 11.5 Å². The zero-order valence-electron chi connectivity index (χ0n) is 13.0. The van der Waals surface area contributed by atoms with Crippen LogP contribution in [0.5, 0.6) is 0 Å². The molecule has 0 spiro atoms. The van der Waals surface area contributed by atoms with Crippen molar-refractivity contribution in [2.75, 3.05) is 5.32 Å². The van der Waals surface area contributed by atoms with Crippen molar-refractivity contribution in [2.24, 2.45) is 0 Å². The highest BCUT2D eigenvalue weighted by atomic mass is 16.1. The number of aromatic amines is 2. The van der Waals surface area contributed by atoms with Crippen molar-refractivity contribution < 1.29 is 4.79 Å². The van der Waals surface area contributed by atoms with Crippen molar-refractivity contribution in [1.82, 2.24) is 30.8 Å². The first kappa shape index (κ1) is 14.6. The van der Waals surface area contributed by atoms with Gasteiger partial charge in [-0.2, -0.15) is 10.3 Å². The lowest BCUT2D eigenvalue weighted by Crippen LogP contribution is -2.15. The fraction of sp³-hybridized carbons (Fsp3) is 0.312. The molecule has 4 rings (SSSR count). The lowest BCUT2D eigenvalue weighted by Gasteiger charge is -2.11. The molecule has 8 nitrogen and oxygen atoms in total. The Morgan fingerprint density at radius 3 is 2.75 bits per heavy atom. The molecular weight excluding hydrogens is 306 g/mol. The Morgan fingerprint density at radius 2 is 1.96 bits per heavy atom. The van der Waals surface area contributed by atoms with Crippen LogP contribution in [0, 0.1) is 0 Å². The number of rotatable bonds is 4. The standard InChI is InChI=1S/C16H17N7O/c24-16(15-12-3-1-2-4-13(12)18-21-15)17-11-7-5-10(6-8-11)9-14-19-22-23-20-14/h5-8H,1-4,9H2,(H,17,24)(H,18,21)(H,19,20,22,23). The first-order chi connectivity index (χ1) is 11.8. The number of carbonyl (C=O) groups excluding carboxylic acids is 1. The Hall–Kier alpha value is -3.03. The lowest BCUT2D eigenvalue weighted by atomic mass is 9.96. The van der Waals surface area contributed by atoms with E-state index in [0.717, 1.165) is 48.2 Å². The molecule has 2 aromatic heterocycles. The van der Waals surface area contributed by atoms with E-state index in [9.17, 15) is 4.79 Å². The SMILES string of the molecule is O=C(Nc1ccc(Cc2nn[nH]n2)cc1)c1n[nH]c2c1CCCC2. The Kier molecular flexibility index (Phi) is 3.78. The van der Waals surface area contributed by atoms with Crippen molar-refractivity contribution in [2.45, 2.75) is 32.1 Å². The Labute approximate surface area is 138 Å². The van der Waals surface area contributed by atoms with Gasteiger partial charge in [0.05, 0.1) is 0 Å². The fourth-order valence-corrected chi connectivity index (χ4v) is 3.00. The molecule has 3 N–H and O–H groups in total. The van der Waals surface area contributed by atoms with Gasteiger partial charge in [-0.05, 0) is 43.4 Å². The molecule has 0 saturated heterocycles. The fourth-order valence-electron chi connectivity index (χ4n) is 3.00. The summed E-state index contributed by atoms with van der Waals surface area (Å²) in [5.41, 5.74) is 4.46. The first-order valence-corrected chi connectivity index (χ1v) is 7.98. The highest BCUT2D eigenvalue weighted by Gasteiger charge is 2.21. The van der Waals surface area contributed by atoms with E-state index in [1.807, 2.05) is 24.3 Å². The second-order valence-corrected chi connectivity index (χ2v) is 5.89. The number of aromatic nitrogens is 6. The highest BCUT2D eigenvalue weighted by molar-refractivity contribution is 6.04. The maximum atomic E-state index is 12.5. The molecule has 0 unspecified atom stereocenters. The van der Waals surface area contributed by atoms with E-state index in [1.165, 1.54) is 0 Å². The Balaban J connectivity index is 1.45. The van der Waals surface area contributed by atoms with Gasteiger partial charge in [0.2, 0.25) is 0 Å². The molecule has 0 radical (unpaired) electrons. The summed E-state index contributed by atoms with van der Waals surface area (Å²) < 4.78 is 0. The Morgan fingerprint density at radius 1 is 1.12 bits per heavy atom. The summed E-state index contributed by atoms with van der Waals surface area (Å²) in [5.74, 6) is 0.468. The number of H-pyrrole nitrogens is 2. The third kappa shape index (κ3) is 2.90. The zero-order chi connectivity index (χ0) is 16.4. The van der Waals surface area contributed by atoms with Crippen LogP contribution in [0.1, 0.15) is 46.0 Å². The molecule has 0 bridgehead atoms. The zero-order valence-corrected chi connectivity index (χ0v) is 13.0. The number of hydrogen-bond acceptors (Lipinski definition) is 5. The number of amides is 1. The molecule has 0 atom stereocenters. The molecule has 8 heteroatoms. The smallest absolute Gasteiger partial charge is 0.276 e. The molecule has 24 heavy (non-hydrogen) atoms. The molecule has 122 valence electrons. The number of tetrazole rings is 1. The summed E-state index contributed by atoms with van der Waals surface area (Å²) in [6.45, 7) is 0. The summed E-state index contributed by atoms with van der Waals surface area (Å²) in [6.07, 6.45) is 4.74. The number of hydrogen-bond donors (Lipinski definition) is 3. The van der Waals surface area contributed by atoms with Gasteiger partial charge >= 0.3 is 0 Å². The second-order valence-electron chi connectivity index (χ2n) is 5.89. The third-order valence-electron chi connectivity index (χ3n) is 4.23. The number of nitrogens with one attached hydrogen (secondary N) is 3. The van der Waals surface area contributed by atoms with Crippen molar-refractivity contribution >= 4 is 11.6 Å². The van der Waals surface area contributed by atoms with Gasteiger partial charge in [-0.15, -0.1) is 10.2 Å². The third-order valence-corrected chi connectivity index (χ3v) is 4.23. The van der Waals surface area contributed by atoms with Crippen LogP contribution >= 0.6 is 0 Å². The minimum atomic E-state index is -0.166. The van der Waals surface area contributed by atoms with Crippen molar-refractivity contribution in [3.8, 4) is 0 Å². The van der Waals surface area contributed by atoms with Crippen molar-refractivity contribution in [3.63, 3.8) is 0 Å². The van der Waals surface area contributed by atoms with Crippen LogP contribution in [-0.2, 0) is 19.3 Å². The maximum absolute atomic E-state index is 12.5. The van der Waals surface area contributed by atoms with Crippen LogP contribution in [0.2, 0.25) is 0 Å². The van der Waals surface area contributed by atoms with E-state index in [-0.39, 0.29) is 5.91 Å². The molecule has 3 aromatic rings. The average Bonchev–Trinajstić information content (AvgIpc) is 3.26.